The van der Waals surface area contributed by atoms with Crippen molar-refractivity contribution < 1.29 is 13.9 Å². The fraction of sp³-hybridized carbons (Fsp3) is 0.933. The maximum absolute atomic E-state index is 13.0. The van der Waals surface area contributed by atoms with E-state index in [0.29, 0.717) is 19.4 Å². The molecule has 0 aromatic carbocycles. The molecule has 0 saturated carbocycles. The minimum absolute atomic E-state index is 0.0350. The molecule has 0 amide bonds. The zero-order valence-electron chi connectivity index (χ0n) is 12.6. The van der Waals surface area contributed by atoms with E-state index in [-0.39, 0.29) is 11.2 Å². The van der Waals surface area contributed by atoms with E-state index in [2.05, 4.69) is 6.92 Å². The quantitative estimate of drug-likeness (QED) is 0.383. The van der Waals surface area contributed by atoms with Crippen LogP contribution in [0.3, 0.4) is 0 Å². The number of thioether (sulfide) groups is 1. The number of alkyl halides is 1. The third-order valence-corrected chi connectivity index (χ3v) is 4.40. The molecule has 0 fully saturated rings. The van der Waals surface area contributed by atoms with Gasteiger partial charge in [-0.1, -0.05) is 26.7 Å². The third-order valence-electron chi connectivity index (χ3n) is 3.04. The first kappa shape index (κ1) is 18.8. The van der Waals surface area contributed by atoms with Gasteiger partial charge >= 0.3 is 5.97 Å². The molecule has 0 aromatic rings. The molecule has 114 valence electrons. The molecule has 0 aliphatic heterocycles. The number of carbonyl (C=O) groups is 1. The van der Waals surface area contributed by atoms with Gasteiger partial charge in [0.1, 0.15) is 5.25 Å². The molecule has 0 saturated heterocycles. The summed E-state index contributed by atoms with van der Waals surface area (Å²) >= 11 is 1.67. The average Bonchev–Trinajstić information content (AvgIpc) is 2.41. The Morgan fingerprint density at radius 3 is 2.47 bits per heavy atom. The largest absolute Gasteiger partial charge is 0.465 e. The number of hydrogen-bond donors (Lipinski definition) is 0. The Kier molecular flexibility index (Phi) is 12.6. The molecule has 0 aliphatic rings. The Morgan fingerprint density at radius 1 is 1.16 bits per heavy atom. The molecule has 0 aliphatic carbocycles. The summed E-state index contributed by atoms with van der Waals surface area (Å²) in [6.45, 7) is 6.29. The van der Waals surface area contributed by atoms with Gasteiger partial charge in [0.25, 0.3) is 0 Å². The van der Waals surface area contributed by atoms with Crippen LogP contribution in [0.5, 0.6) is 0 Å². The molecule has 0 bridgehead atoms. The van der Waals surface area contributed by atoms with Crippen molar-refractivity contribution in [2.75, 3.05) is 12.4 Å². The standard InChI is InChI=1S/C15H29FO2S/c1-4-7-11-14(15(17)18-6-3)19-12-9-8-10-13(16)5-2/h13-14H,4-12H2,1-3H3. The maximum atomic E-state index is 13.0. The van der Waals surface area contributed by atoms with Crippen molar-refractivity contribution in [2.45, 2.75) is 77.1 Å². The SMILES string of the molecule is CCCCC(SCCCCC(F)CC)C(=O)OCC. The lowest BCUT2D eigenvalue weighted by Crippen LogP contribution is -2.20. The Bertz CT molecular complexity index is 224. The van der Waals surface area contributed by atoms with Gasteiger partial charge in [-0.15, -0.1) is 11.8 Å². The molecule has 0 heterocycles. The second-order valence-corrected chi connectivity index (χ2v) is 6.07. The van der Waals surface area contributed by atoms with Gasteiger partial charge in [-0.2, -0.15) is 0 Å². The summed E-state index contributed by atoms with van der Waals surface area (Å²) in [7, 11) is 0. The number of ether oxygens (including phenoxy) is 1. The fourth-order valence-electron chi connectivity index (χ4n) is 1.79. The third kappa shape index (κ3) is 10.2. The van der Waals surface area contributed by atoms with Crippen LogP contribution in [0.2, 0.25) is 0 Å². The van der Waals surface area contributed by atoms with Crippen molar-refractivity contribution >= 4 is 17.7 Å². The molecule has 0 N–H and O–H groups in total. The second kappa shape index (κ2) is 12.8. The summed E-state index contributed by atoms with van der Waals surface area (Å²) in [5.74, 6) is 0.835. The van der Waals surface area contributed by atoms with E-state index < -0.39 is 6.17 Å². The predicted octanol–water partition coefficient (Wildman–Crippen LogP) is 4.76. The molecule has 2 nitrogen and oxygen atoms in total. The summed E-state index contributed by atoms with van der Waals surface area (Å²) in [4.78, 5) is 11.8. The second-order valence-electron chi connectivity index (χ2n) is 4.76. The molecular formula is C15H29FO2S. The van der Waals surface area contributed by atoms with E-state index in [0.717, 1.165) is 37.9 Å². The predicted molar refractivity (Wildman–Crippen MR) is 81.4 cm³/mol. The number of carbonyl (C=O) groups excluding carboxylic acids is 1. The minimum atomic E-state index is -0.661. The first-order valence-electron chi connectivity index (χ1n) is 7.57. The highest BCUT2D eigenvalue weighted by molar-refractivity contribution is 8.00. The van der Waals surface area contributed by atoms with E-state index in [1.54, 1.807) is 11.8 Å². The zero-order valence-corrected chi connectivity index (χ0v) is 13.4. The van der Waals surface area contributed by atoms with Gasteiger partial charge in [0.15, 0.2) is 0 Å². The van der Waals surface area contributed by atoms with Crippen molar-refractivity contribution in [3.63, 3.8) is 0 Å². The fourth-order valence-corrected chi connectivity index (χ4v) is 2.98. The number of rotatable bonds is 12. The van der Waals surface area contributed by atoms with E-state index in [9.17, 15) is 9.18 Å². The molecule has 4 heteroatoms. The molecule has 2 unspecified atom stereocenters. The molecule has 0 aromatic heterocycles. The van der Waals surface area contributed by atoms with Crippen LogP contribution in [-0.4, -0.2) is 29.8 Å². The van der Waals surface area contributed by atoms with E-state index in [1.165, 1.54) is 0 Å². The highest BCUT2D eigenvalue weighted by Crippen LogP contribution is 2.21. The zero-order chi connectivity index (χ0) is 14.5. The number of unbranched alkanes of at least 4 members (excludes halogenated alkanes) is 2. The van der Waals surface area contributed by atoms with Gasteiger partial charge in [-0.05, 0) is 44.8 Å². The lowest BCUT2D eigenvalue weighted by atomic mass is 10.1. The Hall–Kier alpha value is -0.250. The first-order chi connectivity index (χ1) is 9.15. The topological polar surface area (TPSA) is 26.3 Å². The molecule has 0 rings (SSSR count). The Morgan fingerprint density at radius 2 is 1.89 bits per heavy atom. The number of hydrogen-bond acceptors (Lipinski definition) is 3. The van der Waals surface area contributed by atoms with Crippen LogP contribution in [0.1, 0.15) is 65.7 Å². The van der Waals surface area contributed by atoms with Gasteiger partial charge < -0.3 is 4.74 Å². The summed E-state index contributed by atoms with van der Waals surface area (Å²) in [5.41, 5.74) is 0. The van der Waals surface area contributed by atoms with Crippen molar-refractivity contribution in [2.24, 2.45) is 0 Å². The highest BCUT2D eigenvalue weighted by Gasteiger charge is 2.19. The molecule has 0 radical (unpaired) electrons. The van der Waals surface area contributed by atoms with Gasteiger partial charge in [-0.3, -0.25) is 4.79 Å². The van der Waals surface area contributed by atoms with Crippen molar-refractivity contribution in [3.8, 4) is 0 Å². The summed E-state index contributed by atoms with van der Waals surface area (Å²) in [6.07, 6.45) is 5.52. The Labute approximate surface area is 121 Å². The van der Waals surface area contributed by atoms with Crippen LogP contribution >= 0.6 is 11.8 Å². The number of halogens is 1. The summed E-state index contributed by atoms with van der Waals surface area (Å²) < 4.78 is 18.1. The summed E-state index contributed by atoms with van der Waals surface area (Å²) in [6, 6.07) is 0. The number of esters is 1. The smallest absolute Gasteiger partial charge is 0.319 e. The van der Waals surface area contributed by atoms with Crippen LogP contribution < -0.4 is 0 Å². The molecule has 2 atom stereocenters. The van der Waals surface area contributed by atoms with Crippen LogP contribution in [-0.2, 0) is 9.53 Å². The lowest BCUT2D eigenvalue weighted by molar-refractivity contribution is -0.142. The van der Waals surface area contributed by atoms with Gasteiger partial charge in [0.05, 0.1) is 12.8 Å². The van der Waals surface area contributed by atoms with Crippen molar-refractivity contribution in [1.29, 1.82) is 0 Å². The maximum Gasteiger partial charge on any atom is 0.319 e. The minimum Gasteiger partial charge on any atom is -0.465 e. The van der Waals surface area contributed by atoms with Crippen LogP contribution in [0.25, 0.3) is 0 Å². The summed E-state index contributed by atoms with van der Waals surface area (Å²) in [5, 5.41) is -0.0350. The highest BCUT2D eigenvalue weighted by atomic mass is 32.2. The molecule has 19 heavy (non-hydrogen) atoms. The van der Waals surface area contributed by atoms with E-state index in [1.807, 2.05) is 13.8 Å². The average molecular weight is 292 g/mol. The molecular weight excluding hydrogens is 263 g/mol. The lowest BCUT2D eigenvalue weighted by Gasteiger charge is -2.14. The molecule has 0 spiro atoms. The van der Waals surface area contributed by atoms with E-state index >= 15 is 0 Å². The van der Waals surface area contributed by atoms with Crippen LogP contribution in [0.4, 0.5) is 4.39 Å². The normalized spacial score (nSPS) is 14.1. The van der Waals surface area contributed by atoms with E-state index in [4.69, 9.17) is 4.74 Å². The van der Waals surface area contributed by atoms with Crippen LogP contribution in [0, 0.1) is 0 Å². The Balaban J connectivity index is 3.82. The van der Waals surface area contributed by atoms with Crippen molar-refractivity contribution in [1.82, 2.24) is 0 Å². The van der Waals surface area contributed by atoms with Gasteiger partial charge in [0.2, 0.25) is 0 Å². The first-order valence-corrected chi connectivity index (χ1v) is 8.62. The van der Waals surface area contributed by atoms with Gasteiger partial charge in [-0.25, -0.2) is 4.39 Å². The van der Waals surface area contributed by atoms with Crippen molar-refractivity contribution in [3.05, 3.63) is 0 Å². The van der Waals surface area contributed by atoms with Gasteiger partial charge in [0, 0.05) is 0 Å². The van der Waals surface area contributed by atoms with Crippen LogP contribution in [0.15, 0.2) is 0 Å². The monoisotopic (exact) mass is 292 g/mol.